The second-order valence-electron chi connectivity index (χ2n) is 1.84. The molecule has 0 aromatic carbocycles. The first-order valence-corrected chi connectivity index (χ1v) is 2.80. The first-order chi connectivity index (χ1) is 4.74. The van der Waals surface area contributed by atoms with E-state index < -0.39 is 12.1 Å². The van der Waals surface area contributed by atoms with E-state index in [1.54, 1.807) is 7.05 Å². The number of aliphatic imine (C=N–C) groups is 1. The lowest BCUT2D eigenvalue weighted by molar-refractivity contribution is -0.120. The molecule has 5 heteroatoms. The molecule has 1 heterocycles. The second kappa shape index (κ2) is 2.57. The van der Waals surface area contributed by atoms with Crippen LogP contribution in [0.4, 0.5) is 4.79 Å². The zero-order valence-electron chi connectivity index (χ0n) is 5.42. The first-order valence-electron chi connectivity index (χ1n) is 2.80. The summed E-state index contributed by atoms with van der Waals surface area (Å²) < 4.78 is 0. The first kappa shape index (κ1) is 6.88. The number of imide groups is 1. The van der Waals surface area contributed by atoms with Crippen LogP contribution in [0.5, 0.6) is 0 Å². The number of likely N-dealkylation sites (N-methyl/N-ethyl adjacent to an activating group) is 1. The Balaban J connectivity index is 2.71. The molecule has 0 aromatic heterocycles. The molecule has 0 bridgehead atoms. The number of nitrogens with zero attached hydrogens (tertiary/aromatic N) is 1. The molecule has 54 valence electrons. The Bertz CT molecular complexity index is 199. The lowest BCUT2D eigenvalue weighted by Gasteiger charge is -2.12. The summed E-state index contributed by atoms with van der Waals surface area (Å²) in [4.78, 5) is 24.5. The number of carbonyl (C=O) groups is 2. The predicted octanol–water partition coefficient (Wildman–Crippen LogP) is -1.11. The third-order valence-electron chi connectivity index (χ3n) is 1.16. The van der Waals surface area contributed by atoms with Gasteiger partial charge in [0, 0.05) is 6.21 Å². The van der Waals surface area contributed by atoms with Crippen LogP contribution in [0.2, 0.25) is 0 Å². The Morgan fingerprint density at radius 1 is 1.70 bits per heavy atom. The van der Waals surface area contributed by atoms with E-state index in [9.17, 15) is 9.59 Å². The summed E-state index contributed by atoms with van der Waals surface area (Å²) in [7, 11) is 1.62. The average molecular weight is 141 g/mol. The van der Waals surface area contributed by atoms with Crippen molar-refractivity contribution in [2.45, 2.75) is 6.04 Å². The molecule has 5 nitrogen and oxygen atoms in total. The van der Waals surface area contributed by atoms with E-state index in [4.69, 9.17) is 0 Å². The Labute approximate surface area is 57.5 Å². The fraction of sp³-hybridized carbons (Fsp3) is 0.400. The number of nitrogens with one attached hydrogen (secondary N) is 2. The fourth-order valence-electron chi connectivity index (χ4n) is 0.631. The minimum atomic E-state index is -0.600. The fourth-order valence-corrected chi connectivity index (χ4v) is 0.631. The molecular weight excluding hydrogens is 134 g/mol. The van der Waals surface area contributed by atoms with Crippen molar-refractivity contribution in [1.82, 2.24) is 10.6 Å². The summed E-state index contributed by atoms with van der Waals surface area (Å²) in [5.74, 6) is -0.359. The number of hydrogen-bond acceptors (Lipinski definition) is 3. The van der Waals surface area contributed by atoms with E-state index in [-0.39, 0.29) is 5.91 Å². The maximum atomic E-state index is 10.8. The van der Waals surface area contributed by atoms with Gasteiger partial charge in [0.1, 0.15) is 6.04 Å². The van der Waals surface area contributed by atoms with Gasteiger partial charge < -0.3 is 5.32 Å². The topological polar surface area (TPSA) is 70.6 Å². The number of hydrogen-bond donors (Lipinski definition) is 2. The van der Waals surface area contributed by atoms with Crippen LogP contribution in [-0.4, -0.2) is 31.2 Å². The normalized spacial score (nSPS) is 24.7. The Morgan fingerprint density at radius 2 is 2.40 bits per heavy atom. The lowest BCUT2D eigenvalue weighted by atomic mass is 10.3. The van der Waals surface area contributed by atoms with Gasteiger partial charge in [0.25, 0.3) is 5.91 Å². The molecule has 0 saturated heterocycles. The molecule has 1 aliphatic rings. The van der Waals surface area contributed by atoms with Gasteiger partial charge in [-0.05, 0) is 7.05 Å². The molecule has 3 amide bonds. The lowest BCUT2D eigenvalue weighted by Crippen LogP contribution is -2.48. The van der Waals surface area contributed by atoms with Crippen molar-refractivity contribution < 1.29 is 9.59 Å². The molecule has 0 saturated carbocycles. The van der Waals surface area contributed by atoms with E-state index >= 15 is 0 Å². The minimum Gasteiger partial charge on any atom is -0.304 e. The Kier molecular flexibility index (Phi) is 1.77. The van der Waals surface area contributed by atoms with Crippen LogP contribution in [0.1, 0.15) is 0 Å². The molecule has 0 fully saturated rings. The molecular formula is C5H7N3O2. The van der Waals surface area contributed by atoms with E-state index in [0.29, 0.717) is 0 Å². The van der Waals surface area contributed by atoms with Gasteiger partial charge in [0.15, 0.2) is 0 Å². The third kappa shape index (κ3) is 1.19. The summed E-state index contributed by atoms with van der Waals surface area (Å²) in [5.41, 5.74) is 0. The largest absolute Gasteiger partial charge is 0.347 e. The molecule has 2 N–H and O–H groups in total. The molecule has 1 rings (SSSR count). The van der Waals surface area contributed by atoms with Crippen molar-refractivity contribution in [3.05, 3.63) is 0 Å². The highest BCUT2D eigenvalue weighted by Crippen LogP contribution is 1.87. The van der Waals surface area contributed by atoms with Crippen molar-refractivity contribution in [3.63, 3.8) is 0 Å². The van der Waals surface area contributed by atoms with Crippen LogP contribution < -0.4 is 10.6 Å². The van der Waals surface area contributed by atoms with E-state index in [1.165, 1.54) is 6.21 Å². The molecule has 1 aliphatic heterocycles. The van der Waals surface area contributed by atoms with Crippen molar-refractivity contribution >= 4 is 18.2 Å². The zero-order valence-corrected chi connectivity index (χ0v) is 5.42. The maximum absolute atomic E-state index is 10.8. The third-order valence-corrected chi connectivity index (χ3v) is 1.16. The van der Waals surface area contributed by atoms with E-state index in [2.05, 4.69) is 10.3 Å². The highest BCUT2D eigenvalue weighted by Gasteiger charge is 2.20. The summed E-state index contributed by atoms with van der Waals surface area (Å²) in [5, 5.41) is 4.70. The van der Waals surface area contributed by atoms with Crippen LogP contribution in [0, 0.1) is 0 Å². The zero-order chi connectivity index (χ0) is 7.56. The molecule has 1 atom stereocenters. The Hall–Kier alpha value is -1.23. The average Bonchev–Trinajstić information content (AvgIpc) is 1.88. The SMILES string of the molecule is CNC1C=NC(=O)NC1=O. The minimum absolute atomic E-state index is 0.359. The van der Waals surface area contributed by atoms with E-state index in [1.807, 2.05) is 5.32 Å². The van der Waals surface area contributed by atoms with Crippen LogP contribution in [0.15, 0.2) is 4.99 Å². The predicted molar refractivity (Wildman–Crippen MR) is 34.9 cm³/mol. The summed E-state index contributed by atoms with van der Waals surface area (Å²) in [6.45, 7) is 0. The van der Waals surface area contributed by atoms with Gasteiger partial charge in [-0.3, -0.25) is 10.1 Å². The molecule has 1 unspecified atom stereocenters. The van der Waals surface area contributed by atoms with Crippen LogP contribution in [0.25, 0.3) is 0 Å². The van der Waals surface area contributed by atoms with Gasteiger partial charge >= 0.3 is 6.03 Å². The monoisotopic (exact) mass is 141 g/mol. The molecule has 0 spiro atoms. The van der Waals surface area contributed by atoms with Gasteiger partial charge in [-0.2, -0.15) is 0 Å². The van der Waals surface area contributed by atoms with Crippen LogP contribution >= 0.6 is 0 Å². The van der Waals surface area contributed by atoms with Crippen LogP contribution in [-0.2, 0) is 4.79 Å². The summed E-state index contributed by atoms with van der Waals surface area (Å²) in [6.07, 6.45) is 1.28. The standard InChI is InChI=1S/C5H7N3O2/c1-6-3-2-7-5(10)8-4(3)9/h2-3,6H,1H3,(H,8,9,10). The molecule has 0 radical (unpaired) electrons. The number of amides is 3. The number of rotatable bonds is 1. The van der Waals surface area contributed by atoms with Crippen molar-refractivity contribution in [2.24, 2.45) is 4.99 Å². The second-order valence-corrected chi connectivity index (χ2v) is 1.84. The molecule has 10 heavy (non-hydrogen) atoms. The number of urea groups is 1. The molecule has 0 aromatic rings. The van der Waals surface area contributed by atoms with Gasteiger partial charge in [-0.1, -0.05) is 0 Å². The van der Waals surface area contributed by atoms with Gasteiger partial charge in [-0.15, -0.1) is 0 Å². The smallest absolute Gasteiger partial charge is 0.304 e. The van der Waals surface area contributed by atoms with Crippen molar-refractivity contribution in [1.29, 1.82) is 0 Å². The van der Waals surface area contributed by atoms with Gasteiger partial charge in [-0.25, -0.2) is 9.79 Å². The Morgan fingerprint density at radius 3 is 2.90 bits per heavy atom. The summed E-state index contributed by atoms with van der Waals surface area (Å²) in [6, 6.07) is -1.07. The quantitative estimate of drug-likeness (QED) is 0.486. The van der Waals surface area contributed by atoms with Crippen molar-refractivity contribution in [2.75, 3.05) is 7.05 Å². The highest BCUT2D eigenvalue weighted by atomic mass is 16.2. The number of carbonyl (C=O) groups excluding carboxylic acids is 2. The van der Waals surface area contributed by atoms with E-state index in [0.717, 1.165) is 0 Å². The van der Waals surface area contributed by atoms with Gasteiger partial charge in [0.05, 0.1) is 0 Å². The van der Waals surface area contributed by atoms with Crippen molar-refractivity contribution in [3.8, 4) is 0 Å². The molecule has 0 aliphatic carbocycles. The van der Waals surface area contributed by atoms with Gasteiger partial charge in [0.2, 0.25) is 0 Å². The van der Waals surface area contributed by atoms with Crippen LogP contribution in [0.3, 0.4) is 0 Å². The highest BCUT2D eigenvalue weighted by molar-refractivity contribution is 6.11. The summed E-state index contributed by atoms with van der Waals surface area (Å²) >= 11 is 0. The maximum Gasteiger partial charge on any atom is 0.347 e.